The molecule has 116 valence electrons. The van der Waals surface area contributed by atoms with Crippen LogP contribution in [0.5, 0.6) is 5.75 Å². The van der Waals surface area contributed by atoms with Gasteiger partial charge in [-0.1, -0.05) is 11.6 Å². The minimum atomic E-state index is -0.579. The van der Waals surface area contributed by atoms with Gasteiger partial charge in [0.25, 0.3) is 5.91 Å². The second-order valence-corrected chi connectivity index (χ2v) is 5.18. The van der Waals surface area contributed by atoms with E-state index in [1.165, 1.54) is 0 Å². The molecular formula is C18H16N2O3. The highest BCUT2D eigenvalue weighted by Crippen LogP contribution is 2.19. The Hall–Kier alpha value is -3.08. The van der Waals surface area contributed by atoms with Crippen LogP contribution < -0.4 is 16.0 Å². The topological polar surface area (TPSA) is 77.8 Å². The van der Waals surface area contributed by atoms with Crippen molar-refractivity contribution < 1.29 is 13.9 Å². The number of amides is 1. The fraction of sp³-hybridized carbons (Fsp3) is 0.111. The van der Waals surface area contributed by atoms with Gasteiger partial charge >= 0.3 is 0 Å². The van der Waals surface area contributed by atoms with E-state index in [0.29, 0.717) is 11.3 Å². The molecule has 1 heterocycles. The van der Waals surface area contributed by atoms with E-state index in [2.05, 4.69) is 4.99 Å². The summed E-state index contributed by atoms with van der Waals surface area (Å²) in [5.74, 6) is 0.148. The molecule has 0 aliphatic heterocycles. The smallest absolute Gasteiger partial charge is 0.254 e. The van der Waals surface area contributed by atoms with Gasteiger partial charge in [0.05, 0.1) is 12.8 Å². The molecule has 1 amide bonds. The monoisotopic (exact) mass is 308 g/mol. The summed E-state index contributed by atoms with van der Waals surface area (Å²) in [7, 11) is 1.60. The van der Waals surface area contributed by atoms with Crippen LogP contribution in [-0.4, -0.2) is 13.0 Å². The maximum Gasteiger partial charge on any atom is 0.254 e. The zero-order valence-corrected chi connectivity index (χ0v) is 12.9. The summed E-state index contributed by atoms with van der Waals surface area (Å²) in [5, 5.41) is 0.812. The van der Waals surface area contributed by atoms with E-state index >= 15 is 0 Å². The highest BCUT2D eigenvalue weighted by Gasteiger charge is 2.09. The third kappa shape index (κ3) is 3.08. The van der Waals surface area contributed by atoms with Crippen LogP contribution in [0.2, 0.25) is 0 Å². The fourth-order valence-electron chi connectivity index (χ4n) is 2.28. The summed E-state index contributed by atoms with van der Waals surface area (Å²) in [5.41, 5.74) is 8.27. The van der Waals surface area contributed by atoms with Gasteiger partial charge in [0.15, 0.2) is 0 Å². The molecule has 2 N–H and O–H groups in total. The summed E-state index contributed by atoms with van der Waals surface area (Å²) in [4.78, 5) is 16.1. The van der Waals surface area contributed by atoms with E-state index in [1.54, 1.807) is 37.4 Å². The van der Waals surface area contributed by atoms with Gasteiger partial charge in [-0.2, -0.15) is 0 Å². The Balaban J connectivity index is 2.21. The molecule has 0 aliphatic carbocycles. The molecule has 0 fully saturated rings. The normalized spacial score (nSPS) is 11.7. The van der Waals surface area contributed by atoms with Crippen LogP contribution in [0.15, 0.2) is 57.9 Å². The Morgan fingerprint density at radius 2 is 1.87 bits per heavy atom. The van der Waals surface area contributed by atoms with Crippen molar-refractivity contribution >= 4 is 22.6 Å². The Labute approximate surface area is 133 Å². The molecule has 2 aromatic carbocycles. The molecule has 0 saturated carbocycles. The molecule has 0 aliphatic rings. The molecule has 0 radical (unpaired) electrons. The van der Waals surface area contributed by atoms with Gasteiger partial charge in [0.1, 0.15) is 16.9 Å². The van der Waals surface area contributed by atoms with Crippen LogP contribution in [0.25, 0.3) is 11.0 Å². The molecule has 0 spiro atoms. The van der Waals surface area contributed by atoms with Crippen molar-refractivity contribution in [2.24, 2.45) is 10.7 Å². The van der Waals surface area contributed by atoms with Gasteiger partial charge in [0.2, 0.25) is 5.55 Å². The molecule has 0 atom stereocenters. The lowest BCUT2D eigenvalue weighted by Gasteiger charge is -2.03. The Morgan fingerprint density at radius 1 is 1.13 bits per heavy atom. The highest BCUT2D eigenvalue weighted by molar-refractivity contribution is 5.95. The van der Waals surface area contributed by atoms with Crippen LogP contribution >= 0.6 is 0 Å². The number of nitrogens with zero attached hydrogens (tertiary/aromatic N) is 1. The lowest BCUT2D eigenvalue weighted by molar-refractivity contribution is 0.0996. The molecule has 0 unspecified atom stereocenters. The van der Waals surface area contributed by atoms with Gasteiger partial charge in [-0.05, 0) is 49.4 Å². The predicted molar refractivity (Wildman–Crippen MR) is 87.7 cm³/mol. The number of primary amides is 1. The van der Waals surface area contributed by atoms with Crippen LogP contribution in [0, 0.1) is 6.92 Å². The molecule has 0 bridgehead atoms. The number of benzene rings is 2. The van der Waals surface area contributed by atoms with Crippen molar-refractivity contribution in [3.63, 3.8) is 0 Å². The number of hydrogen-bond donors (Lipinski definition) is 1. The quantitative estimate of drug-likeness (QED) is 0.807. The zero-order valence-electron chi connectivity index (χ0n) is 12.9. The molecule has 1 aromatic heterocycles. The van der Waals surface area contributed by atoms with Crippen molar-refractivity contribution in [1.82, 2.24) is 0 Å². The first-order valence-corrected chi connectivity index (χ1v) is 7.10. The lowest BCUT2D eigenvalue weighted by Crippen LogP contribution is -2.21. The Kier molecular flexibility index (Phi) is 3.85. The summed E-state index contributed by atoms with van der Waals surface area (Å²) in [6.07, 6.45) is 0. The van der Waals surface area contributed by atoms with Gasteiger partial charge in [0, 0.05) is 5.39 Å². The third-order valence-corrected chi connectivity index (χ3v) is 3.47. The van der Waals surface area contributed by atoms with E-state index in [-0.39, 0.29) is 11.1 Å². The predicted octanol–water partition coefficient (Wildman–Crippen LogP) is 3.08. The minimum Gasteiger partial charge on any atom is -0.497 e. The number of fused-ring (bicyclic) bond motifs is 1. The highest BCUT2D eigenvalue weighted by atomic mass is 16.5. The number of carbonyl (C=O) groups is 1. The van der Waals surface area contributed by atoms with Crippen molar-refractivity contribution in [1.29, 1.82) is 0 Å². The third-order valence-electron chi connectivity index (χ3n) is 3.47. The summed E-state index contributed by atoms with van der Waals surface area (Å²) < 4.78 is 10.9. The molecule has 3 aromatic rings. The number of hydrogen-bond acceptors (Lipinski definition) is 4. The maximum atomic E-state index is 11.7. The first kappa shape index (κ1) is 14.8. The SMILES string of the molecule is COc1ccc(N=c2oc3ccc(C)cc3cc2C(N)=O)cc1. The van der Waals surface area contributed by atoms with Gasteiger partial charge < -0.3 is 14.9 Å². The van der Waals surface area contributed by atoms with E-state index in [9.17, 15) is 4.79 Å². The Bertz CT molecular complexity index is 941. The number of ether oxygens (including phenoxy) is 1. The molecule has 5 nitrogen and oxygen atoms in total. The summed E-state index contributed by atoms with van der Waals surface area (Å²) in [6.45, 7) is 1.97. The number of rotatable bonds is 3. The fourth-order valence-corrected chi connectivity index (χ4v) is 2.28. The van der Waals surface area contributed by atoms with Gasteiger partial charge in [-0.25, -0.2) is 4.99 Å². The summed E-state index contributed by atoms with van der Waals surface area (Å²) in [6, 6.07) is 14.5. The average molecular weight is 308 g/mol. The lowest BCUT2D eigenvalue weighted by atomic mass is 10.1. The average Bonchev–Trinajstić information content (AvgIpc) is 2.55. The number of aryl methyl sites for hydroxylation is 1. The second kappa shape index (κ2) is 5.96. The minimum absolute atomic E-state index is 0.194. The van der Waals surface area contributed by atoms with Crippen LogP contribution in [0.3, 0.4) is 0 Å². The van der Waals surface area contributed by atoms with Crippen molar-refractivity contribution in [2.75, 3.05) is 7.11 Å². The standard InChI is InChI=1S/C18H16N2O3/c1-11-3-8-16-12(9-11)10-15(17(19)21)18(23-16)20-13-4-6-14(22-2)7-5-13/h3-10H,1-2H3,(H2,19,21). The van der Waals surface area contributed by atoms with Gasteiger partial charge in [-0.3, -0.25) is 4.79 Å². The van der Waals surface area contributed by atoms with E-state index in [4.69, 9.17) is 14.9 Å². The van der Waals surface area contributed by atoms with Crippen LogP contribution in [-0.2, 0) is 0 Å². The van der Waals surface area contributed by atoms with E-state index in [0.717, 1.165) is 16.7 Å². The molecule has 0 saturated heterocycles. The van der Waals surface area contributed by atoms with Crippen molar-refractivity contribution in [3.8, 4) is 5.75 Å². The van der Waals surface area contributed by atoms with Crippen LogP contribution in [0.1, 0.15) is 15.9 Å². The largest absolute Gasteiger partial charge is 0.497 e. The molecule has 5 heteroatoms. The van der Waals surface area contributed by atoms with Gasteiger partial charge in [-0.15, -0.1) is 0 Å². The van der Waals surface area contributed by atoms with E-state index in [1.807, 2.05) is 25.1 Å². The zero-order chi connectivity index (χ0) is 16.4. The molecule has 23 heavy (non-hydrogen) atoms. The first-order valence-electron chi connectivity index (χ1n) is 7.10. The molecular weight excluding hydrogens is 292 g/mol. The number of nitrogens with two attached hydrogens (primary N) is 1. The first-order chi connectivity index (χ1) is 11.1. The summed E-state index contributed by atoms with van der Waals surface area (Å²) >= 11 is 0. The molecule has 3 rings (SSSR count). The number of methoxy groups -OCH3 is 1. The van der Waals surface area contributed by atoms with Crippen molar-refractivity contribution in [2.45, 2.75) is 6.92 Å². The second-order valence-electron chi connectivity index (χ2n) is 5.18. The van der Waals surface area contributed by atoms with Crippen LogP contribution in [0.4, 0.5) is 5.69 Å². The van der Waals surface area contributed by atoms with Crippen molar-refractivity contribution in [3.05, 3.63) is 65.2 Å². The number of carbonyl (C=O) groups excluding carboxylic acids is 1. The maximum absolute atomic E-state index is 11.7. The Morgan fingerprint density at radius 3 is 2.52 bits per heavy atom. The van der Waals surface area contributed by atoms with E-state index < -0.39 is 5.91 Å².